The Kier molecular flexibility index (Phi) is 3.49. The highest BCUT2D eigenvalue weighted by molar-refractivity contribution is 7.90. The van der Waals surface area contributed by atoms with Crippen molar-refractivity contribution in [3.8, 4) is 0 Å². The summed E-state index contributed by atoms with van der Waals surface area (Å²) in [5.74, 6) is 0.0712. The van der Waals surface area contributed by atoms with Crippen molar-refractivity contribution < 1.29 is 8.42 Å². The van der Waals surface area contributed by atoms with E-state index >= 15 is 0 Å². The zero-order chi connectivity index (χ0) is 13.4. The van der Waals surface area contributed by atoms with Gasteiger partial charge in [0.2, 0.25) is 0 Å². The molecule has 2 aromatic rings. The highest BCUT2D eigenvalue weighted by Gasteiger charge is 2.23. The lowest BCUT2D eigenvalue weighted by Crippen LogP contribution is -2.40. The number of thiophene rings is 1. The minimum Gasteiger partial charge on any atom is -0.325 e. The van der Waals surface area contributed by atoms with E-state index in [0.29, 0.717) is 0 Å². The van der Waals surface area contributed by atoms with Gasteiger partial charge < -0.3 is 5.73 Å². The molecule has 0 radical (unpaired) electrons. The van der Waals surface area contributed by atoms with Crippen LogP contribution in [-0.2, 0) is 15.6 Å². The summed E-state index contributed by atoms with van der Waals surface area (Å²) in [6.07, 6.45) is 0. The van der Waals surface area contributed by atoms with E-state index in [2.05, 4.69) is 0 Å². The van der Waals surface area contributed by atoms with Crippen LogP contribution < -0.4 is 5.73 Å². The Morgan fingerprint density at radius 2 is 1.94 bits per heavy atom. The van der Waals surface area contributed by atoms with E-state index in [-0.39, 0.29) is 11.5 Å². The van der Waals surface area contributed by atoms with Crippen molar-refractivity contribution in [2.75, 3.05) is 5.75 Å². The van der Waals surface area contributed by atoms with Crippen molar-refractivity contribution in [1.82, 2.24) is 0 Å². The highest BCUT2D eigenvalue weighted by Crippen LogP contribution is 2.27. The predicted octanol–water partition coefficient (Wildman–Crippen LogP) is 2.55. The second kappa shape index (κ2) is 4.64. The number of benzene rings is 1. The fourth-order valence-electron chi connectivity index (χ4n) is 2.00. The predicted molar refractivity (Wildman–Crippen MR) is 77.6 cm³/mol. The van der Waals surface area contributed by atoms with Gasteiger partial charge in [-0.05, 0) is 36.2 Å². The molecule has 2 N–H and O–H groups in total. The monoisotopic (exact) mass is 283 g/mol. The standard InChI is InChI=1S/C13H17NO2S2/c1-13(2,14)9-18(15,16)8-10-7-17-12-6-4-3-5-11(10)12/h3-7H,8-9,14H2,1-2H3. The van der Waals surface area contributed by atoms with Crippen LogP contribution in [0.5, 0.6) is 0 Å². The third-order valence-electron chi connectivity index (χ3n) is 2.53. The number of sulfone groups is 1. The van der Waals surface area contributed by atoms with E-state index in [1.165, 1.54) is 0 Å². The van der Waals surface area contributed by atoms with Crippen LogP contribution in [0.25, 0.3) is 10.1 Å². The maximum atomic E-state index is 12.1. The maximum absolute atomic E-state index is 12.1. The molecule has 3 nitrogen and oxygen atoms in total. The number of rotatable bonds is 4. The SMILES string of the molecule is CC(C)(N)CS(=O)(=O)Cc1csc2ccccc12. The van der Waals surface area contributed by atoms with Gasteiger partial charge >= 0.3 is 0 Å². The Balaban J connectivity index is 2.29. The van der Waals surface area contributed by atoms with E-state index in [9.17, 15) is 8.42 Å². The molecule has 1 heterocycles. The Morgan fingerprint density at radius 1 is 1.28 bits per heavy atom. The van der Waals surface area contributed by atoms with Gasteiger partial charge in [-0.2, -0.15) is 0 Å². The van der Waals surface area contributed by atoms with Crippen LogP contribution in [0.2, 0.25) is 0 Å². The first-order chi connectivity index (χ1) is 8.27. The Morgan fingerprint density at radius 3 is 2.61 bits per heavy atom. The molecule has 0 fully saturated rings. The van der Waals surface area contributed by atoms with Crippen LogP contribution in [-0.4, -0.2) is 19.7 Å². The minimum atomic E-state index is -3.17. The zero-order valence-corrected chi connectivity index (χ0v) is 12.1. The van der Waals surface area contributed by atoms with Crippen molar-refractivity contribution in [3.63, 3.8) is 0 Å². The lowest BCUT2D eigenvalue weighted by Gasteiger charge is -2.17. The second-order valence-corrected chi connectivity index (χ2v) is 8.25. The van der Waals surface area contributed by atoms with E-state index in [1.807, 2.05) is 29.6 Å². The van der Waals surface area contributed by atoms with Gasteiger partial charge in [0.05, 0.1) is 11.5 Å². The first-order valence-corrected chi connectivity index (χ1v) is 8.41. The number of hydrogen-bond acceptors (Lipinski definition) is 4. The largest absolute Gasteiger partial charge is 0.325 e. The Hall–Kier alpha value is -0.910. The van der Waals surface area contributed by atoms with Crippen LogP contribution >= 0.6 is 11.3 Å². The first kappa shape index (κ1) is 13.5. The summed E-state index contributed by atoms with van der Waals surface area (Å²) in [7, 11) is -3.17. The van der Waals surface area contributed by atoms with E-state index in [0.717, 1.165) is 15.6 Å². The van der Waals surface area contributed by atoms with Crippen molar-refractivity contribution >= 4 is 31.3 Å². The van der Waals surface area contributed by atoms with Crippen molar-refractivity contribution in [2.45, 2.75) is 25.1 Å². The highest BCUT2D eigenvalue weighted by atomic mass is 32.2. The van der Waals surface area contributed by atoms with Crippen molar-refractivity contribution in [2.24, 2.45) is 5.73 Å². The van der Waals surface area contributed by atoms with Gasteiger partial charge in [0, 0.05) is 10.2 Å². The molecular weight excluding hydrogens is 266 g/mol. The molecule has 0 unspecified atom stereocenters. The summed E-state index contributed by atoms with van der Waals surface area (Å²) in [6.45, 7) is 3.46. The molecule has 0 saturated carbocycles. The van der Waals surface area contributed by atoms with Crippen LogP contribution in [0.4, 0.5) is 0 Å². The molecule has 0 atom stereocenters. The van der Waals surface area contributed by atoms with Crippen LogP contribution in [0, 0.1) is 0 Å². The molecular formula is C13H17NO2S2. The molecule has 0 amide bonds. The first-order valence-electron chi connectivity index (χ1n) is 5.71. The maximum Gasteiger partial charge on any atom is 0.156 e. The summed E-state index contributed by atoms with van der Waals surface area (Å²) in [5.41, 5.74) is 5.97. The summed E-state index contributed by atoms with van der Waals surface area (Å²) in [4.78, 5) is 0. The molecule has 1 aromatic heterocycles. The topological polar surface area (TPSA) is 60.2 Å². The Labute approximate surface area is 112 Å². The molecule has 0 bridgehead atoms. The van der Waals surface area contributed by atoms with Crippen LogP contribution in [0.15, 0.2) is 29.6 Å². The van der Waals surface area contributed by atoms with Crippen molar-refractivity contribution in [1.29, 1.82) is 0 Å². The molecule has 18 heavy (non-hydrogen) atoms. The van der Waals surface area contributed by atoms with Crippen LogP contribution in [0.1, 0.15) is 19.4 Å². The molecule has 2 rings (SSSR count). The van der Waals surface area contributed by atoms with Crippen LogP contribution in [0.3, 0.4) is 0 Å². The molecule has 0 aliphatic rings. The van der Waals surface area contributed by atoms with Gasteiger partial charge in [-0.3, -0.25) is 0 Å². The van der Waals surface area contributed by atoms with Gasteiger partial charge in [-0.15, -0.1) is 11.3 Å². The quantitative estimate of drug-likeness (QED) is 0.938. The van der Waals surface area contributed by atoms with Gasteiger partial charge in [-0.1, -0.05) is 18.2 Å². The normalized spacial score (nSPS) is 13.1. The lowest BCUT2D eigenvalue weighted by molar-refractivity contribution is 0.544. The smallest absolute Gasteiger partial charge is 0.156 e. The summed E-state index contributed by atoms with van der Waals surface area (Å²) in [5, 5.41) is 2.95. The summed E-state index contributed by atoms with van der Waals surface area (Å²) < 4.78 is 25.3. The Bertz CT molecular complexity index is 651. The summed E-state index contributed by atoms with van der Waals surface area (Å²) in [6, 6.07) is 7.85. The third kappa shape index (κ3) is 3.31. The minimum absolute atomic E-state index is 0.00414. The summed E-state index contributed by atoms with van der Waals surface area (Å²) >= 11 is 1.58. The lowest BCUT2D eigenvalue weighted by atomic mass is 10.1. The fraction of sp³-hybridized carbons (Fsp3) is 0.385. The molecule has 0 aliphatic carbocycles. The molecule has 0 spiro atoms. The molecule has 0 aliphatic heterocycles. The van der Waals surface area contributed by atoms with Gasteiger partial charge in [-0.25, -0.2) is 8.42 Å². The van der Waals surface area contributed by atoms with E-state index < -0.39 is 15.4 Å². The third-order valence-corrected chi connectivity index (χ3v) is 5.48. The van der Waals surface area contributed by atoms with E-state index in [4.69, 9.17) is 5.73 Å². The van der Waals surface area contributed by atoms with Crippen molar-refractivity contribution in [3.05, 3.63) is 35.2 Å². The van der Waals surface area contributed by atoms with E-state index in [1.54, 1.807) is 25.2 Å². The second-order valence-electron chi connectivity index (χ2n) is 5.28. The number of fused-ring (bicyclic) bond motifs is 1. The average Bonchev–Trinajstić information content (AvgIpc) is 2.57. The van der Waals surface area contributed by atoms with Gasteiger partial charge in [0.15, 0.2) is 9.84 Å². The van der Waals surface area contributed by atoms with Gasteiger partial charge in [0.1, 0.15) is 0 Å². The fourth-order valence-corrected chi connectivity index (χ4v) is 5.02. The van der Waals surface area contributed by atoms with Gasteiger partial charge in [0.25, 0.3) is 0 Å². The molecule has 5 heteroatoms. The number of hydrogen-bond donors (Lipinski definition) is 1. The molecule has 1 aromatic carbocycles. The molecule has 98 valence electrons. The molecule has 0 saturated heterocycles. The number of nitrogens with two attached hydrogens (primary N) is 1. The average molecular weight is 283 g/mol. The zero-order valence-electron chi connectivity index (χ0n) is 10.5.